The molecule has 120 valence electrons. The van der Waals surface area contributed by atoms with Crippen molar-refractivity contribution in [3.8, 4) is 11.5 Å². The molecule has 0 unspecified atom stereocenters. The monoisotopic (exact) mass is 321 g/mol. The van der Waals surface area contributed by atoms with Crippen LogP contribution in [-0.4, -0.2) is 23.9 Å². The summed E-state index contributed by atoms with van der Waals surface area (Å²) in [6.07, 6.45) is 5.62. The molecule has 0 amide bonds. The zero-order chi connectivity index (χ0) is 16.7. The molecule has 0 aliphatic carbocycles. The molecule has 0 N–H and O–H groups in total. The molecule has 0 saturated heterocycles. The van der Waals surface area contributed by atoms with Crippen LogP contribution in [0.25, 0.3) is 17.2 Å². The van der Waals surface area contributed by atoms with Crippen molar-refractivity contribution in [2.24, 2.45) is 0 Å². The van der Waals surface area contributed by atoms with Crippen molar-refractivity contribution >= 4 is 5.65 Å². The van der Waals surface area contributed by atoms with E-state index in [4.69, 9.17) is 4.98 Å². The maximum atomic E-state index is 13.4. The van der Waals surface area contributed by atoms with E-state index in [-0.39, 0.29) is 0 Å². The summed E-state index contributed by atoms with van der Waals surface area (Å²) in [7, 11) is 0. The van der Waals surface area contributed by atoms with Gasteiger partial charge in [0.25, 0.3) is 0 Å². The standard InChI is InChI=1S/C18H16FN5/c1-12-6-7-17-22-15(13(2)24(17)10-12)11-23-9-8-20-18(23)14-4-3-5-16(19)21-14/h3-10H,11H2,1-2H3. The van der Waals surface area contributed by atoms with Crippen LogP contribution in [0.3, 0.4) is 0 Å². The van der Waals surface area contributed by atoms with Gasteiger partial charge in [-0.3, -0.25) is 0 Å². The van der Waals surface area contributed by atoms with Gasteiger partial charge in [-0.25, -0.2) is 15.0 Å². The van der Waals surface area contributed by atoms with E-state index >= 15 is 0 Å². The fourth-order valence-corrected chi connectivity index (χ4v) is 2.83. The summed E-state index contributed by atoms with van der Waals surface area (Å²) in [4.78, 5) is 12.9. The second-order valence-electron chi connectivity index (χ2n) is 5.80. The van der Waals surface area contributed by atoms with E-state index in [1.165, 1.54) is 11.6 Å². The molecular formula is C18H16FN5. The van der Waals surface area contributed by atoms with Gasteiger partial charge in [0, 0.05) is 24.3 Å². The van der Waals surface area contributed by atoms with Crippen LogP contribution in [0.5, 0.6) is 0 Å². The molecule has 4 aromatic rings. The van der Waals surface area contributed by atoms with E-state index < -0.39 is 5.95 Å². The molecule has 0 aromatic carbocycles. The predicted octanol–water partition coefficient (Wildman–Crippen LogP) is 3.40. The number of rotatable bonds is 3. The normalized spacial score (nSPS) is 11.3. The van der Waals surface area contributed by atoms with Crippen LogP contribution in [0.4, 0.5) is 4.39 Å². The molecule has 0 radical (unpaired) electrons. The molecule has 0 atom stereocenters. The first-order valence-electron chi connectivity index (χ1n) is 7.70. The number of aryl methyl sites for hydroxylation is 2. The van der Waals surface area contributed by atoms with Gasteiger partial charge in [-0.1, -0.05) is 12.1 Å². The van der Waals surface area contributed by atoms with Crippen LogP contribution in [0.15, 0.2) is 48.9 Å². The van der Waals surface area contributed by atoms with Crippen LogP contribution in [0.2, 0.25) is 0 Å². The van der Waals surface area contributed by atoms with Gasteiger partial charge in [0.2, 0.25) is 5.95 Å². The molecule has 6 heteroatoms. The van der Waals surface area contributed by atoms with Gasteiger partial charge in [0.15, 0.2) is 5.82 Å². The minimum atomic E-state index is -0.513. The lowest BCUT2D eigenvalue weighted by molar-refractivity contribution is 0.584. The van der Waals surface area contributed by atoms with Crippen molar-refractivity contribution < 1.29 is 4.39 Å². The third-order valence-electron chi connectivity index (χ3n) is 4.08. The number of nitrogens with zero attached hydrogens (tertiary/aromatic N) is 5. The summed E-state index contributed by atoms with van der Waals surface area (Å²) in [5.41, 5.74) is 4.65. The zero-order valence-electron chi connectivity index (χ0n) is 13.4. The molecule has 0 saturated carbocycles. The Labute approximate surface area is 138 Å². The molecule has 0 fully saturated rings. The lowest BCUT2D eigenvalue weighted by atomic mass is 10.3. The lowest BCUT2D eigenvalue weighted by Crippen LogP contribution is -2.04. The summed E-state index contributed by atoms with van der Waals surface area (Å²) in [5.74, 6) is 0.114. The molecule has 4 aromatic heterocycles. The van der Waals surface area contributed by atoms with Gasteiger partial charge < -0.3 is 8.97 Å². The number of hydrogen-bond donors (Lipinski definition) is 0. The summed E-state index contributed by atoms with van der Waals surface area (Å²) in [6.45, 7) is 4.66. The Morgan fingerprint density at radius 2 is 1.96 bits per heavy atom. The van der Waals surface area contributed by atoms with Crippen LogP contribution < -0.4 is 0 Å². The van der Waals surface area contributed by atoms with Crippen molar-refractivity contribution in [2.75, 3.05) is 0 Å². The van der Waals surface area contributed by atoms with E-state index in [2.05, 4.69) is 27.5 Å². The van der Waals surface area contributed by atoms with Crippen molar-refractivity contribution in [3.05, 3.63) is 71.8 Å². The molecule has 0 aliphatic heterocycles. The Hall–Kier alpha value is -3.02. The third kappa shape index (κ3) is 2.46. The highest BCUT2D eigenvalue weighted by molar-refractivity contribution is 5.50. The summed E-state index contributed by atoms with van der Waals surface area (Å²) in [5, 5.41) is 0. The van der Waals surface area contributed by atoms with Crippen LogP contribution >= 0.6 is 0 Å². The average molecular weight is 321 g/mol. The third-order valence-corrected chi connectivity index (χ3v) is 4.08. The SMILES string of the molecule is Cc1ccc2nc(Cn3ccnc3-c3cccc(F)n3)c(C)n2c1. The first-order chi connectivity index (χ1) is 11.6. The van der Waals surface area contributed by atoms with Gasteiger partial charge >= 0.3 is 0 Å². The molecule has 24 heavy (non-hydrogen) atoms. The quantitative estimate of drug-likeness (QED) is 0.543. The fourth-order valence-electron chi connectivity index (χ4n) is 2.83. The highest BCUT2D eigenvalue weighted by atomic mass is 19.1. The van der Waals surface area contributed by atoms with E-state index in [0.717, 1.165) is 17.0 Å². The minimum absolute atomic E-state index is 0.511. The average Bonchev–Trinajstić information content (AvgIpc) is 3.14. The van der Waals surface area contributed by atoms with Crippen molar-refractivity contribution in [3.63, 3.8) is 0 Å². The Balaban J connectivity index is 1.75. The molecule has 4 rings (SSSR count). The van der Waals surface area contributed by atoms with Crippen molar-refractivity contribution in [1.29, 1.82) is 0 Å². The van der Waals surface area contributed by atoms with E-state index in [9.17, 15) is 4.39 Å². The van der Waals surface area contributed by atoms with Crippen molar-refractivity contribution in [2.45, 2.75) is 20.4 Å². The summed E-state index contributed by atoms with van der Waals surface area (Å²) in [6, 6.07) is 8.77. The van der Waals surface area contributed by atoms with Gasteiger partial charge in [-0.15, -0.1) is 0 Å². The van der Waals surface area contributed by atoms with Crippen LogP contribution in [-0.2, 0) is 6.54 Å². The first kappa shape index (κ1) is 14.6. The largest absolute Gasteiger partial charge is 0.324 e. The highest BCUT2D eigenvalue weighted by Gasteiger charge is 2.13. The van der Waals surface area contributed by atoms with Gasteiger partial charge in [-0.2, -0.15) is 4.39 Å². The van der Waals surface area contributed by atoms with E-state index in [1.807, 2.05) is 29.8 Å². The molecule has 0 aliphatic rings. The molecule has 5 nitrogen and oxygen atoms in total. The fraction of sp³-hybridized carbons (Fsp3) is 0.167. The summed E-state index contributed by atoms with van der Waals surface area (Å²) < 4.78 is 17.4. The van der Waals surface area contributed by atoms with Gasteiger partial charge in [0.1, 0.15) is 11.3 Å². The molecule has 0 bridgehead atoms. The first-order valence-corrected chi connectivity index (χ1v) is 7.70. The van der Waals surface area contributed by atoms with Gasteiger partial charge in [-0.05, 0) is 37.6 Å². The maximum absolute atomic E-state index is 13.4. The highest BCUT2D eigenvalue weighted by Crippen LogP contribution is 2.19. The number of fused-ring (bicyclic) bond motifs is 1. The maximum Gasteiger partial charge on any atom is 0.213 e. The lowest BCUT2D eigenvalue weighted by Gasteiger charge is -2.06. The summed E-state index contributed by atoms with van der Waals surface area (Å²) >= 11 is 0. The second-order valence-corrected chi connectivity index (χ2v) is 5.80. The Morgan fingerprint density at radius 1 is 1.08 bits per heavy atom. The topological polar surface area (TPSA) is 48.0 Å². The van der Waals surface area contributed by atoms with Crippen LogP contribution in [0.1, 0.15) is 17.0 Å². The Bertz CT molecular complexity index is 1030. The van der Waals surface area contributed by atoms with Gasteiger partial charge in [0.05, 0.1) is 12.2 Å². The van der Waals surface area contributed by atoms with Crippen molar-refractivity contribution in [1.82, 2.24) is 23.9 Å². The minimum Gasteiger partial charge on any atom is -0.324 e. The zero-order valence-corrected chi connectivity index (χ0v) is 13.4. The Morgan fingerprint density at radius 3 is 2.79 bits per heavy atom. The Kier molecular flexibility index (Phi) is 3.37. The number of halogens is 1. The van der Waals surface area contributed by atoms with Crippen LogP contribution in [0, 0.1) is 19.8 Å². The predicted molar refractivity (Wildman–Crippen MR) is 89.2 cm³/mol. The molecular weight excluding hydrogens is 305 g/mol. The number of pyridine rings is 2. The van der Waals surface area contributed by atoms with E-state index in [0.29, 0.717) is 18.1 Å². The number of hydrogen-bond acceptors (Lipinski definition) is 3. The number of aromatic nitrogens is 5. The molecule has 4 heterocycles. The van der Waals surface area contributed by atoms with E-state index in [1.54, 1.807) is 18.3 Å². The smallest absolute Gasteiger partial charge is 0.213 e. The molecule has 0 spiro atoms. The number of imidazole rings is 2. The second kappa shape index (κ2) is 5.56.